The molecule has 0 aliphatic rings. The van der Waals surface area contributed by atoms with Gasteiger partial charge in [0.2, 0.25) is 0 Å². The van der Waals surface area contributed by atoms with E-state index in [2.05, 4.69) is 31.4 Å². The van der Waals surface area contributed by atoms with E-state index < -0.39 is 0 Å². The maximum Gasteiger partial charge on any atom is 0.191 e. The van der Waals surface area contributed by atoms with Crippen molar-refractivity contribution >= 4 is 5.96 Å². The maximum absolute atomic E-state index is 5.34. The van der Waals surface area contributed by atoms with Crippen molar-refractivity contribution in [1.29, 1.82) is 0 Å². The lowest BCUT2D eigenvalue weighted by atomic mass is 9.90. The van der Waals surface area contributed by atoms with Gasteiger partial charge in [0, 0.05) is 39.8 Å². The molecule has 1 aromatic heterocycles. The summed E-state index contributed by atoms with van der Waals surface area (Å²) >= 11 is 0. The summed E-state index contributed by atoms with van der Waals surface area (Å²) in [7, 11) is 1.74. The van der Waals surface area contributed by atoms with Crippen LogP contribution in [0.4, 0.5) is 0 Å². The lowest BCUT2D eigenvalue weighted by Crippen LogP contribution is -2.39. The van der Waals surface area contributed by atoms with Crippen LogP contribution in [-0.2, 0) is 11.2 Å². The summed E-state index contributed by atoms with van der Waals surface area (Å²) in [4.78, 5) is 4.71. The molecule has 0 bridgehead atoms. The molecule has 0 unspecified atom stereocenters. The van der Waals surface area contributed by atoms with E-state index in [1.165, 1.54) is 0 Å². The lowest BCUT2D eigenvalue weighted by Gasteiger charge is -2.22. The first-order chi connectivity index (χ1) is 10.6. The maximum atomic E-state index is 5.34. The number of nitrogens with zero attached hydrogens (tertiary/aromatic N) is 1. The molecule has 5 nitrogen and oxygen atoms in total. The molecular formula is C17H31N3O2. The Balaban J connectivity index is 2.45. The van der Waals surface area contributed by atoms with Crippen LogP contribution in [0.3, 0.4) is 0 Å². The monoisotopic (exact) mass is 309 g/mol. The minimum Gasteiger partial charge on any atom is -0.469 e. The zero-order valence-electron chi connectivity index (χ0n) is 14.4. The van der Waals surface area contributed by atoms with Crippen LogP contribution in [0.1, 0.15) is 39.4 Å². The number of guanidine groups is 1. The van der Waals surface area contributed by atoms with Crippen molar-refractivity contribution < 1.29 is 9.15 Å². The second-order valence-electron chi connectivity index (χ2n) is 6.25. The van der Waals surface area contributed by atoms with Gasteiger partial charge < -0.3 is 19.8 Å². The van der Waals surface area contributed by atoms with Crippen LogP contribution >= 0.6 is 0 Å². The van der Waals surface area contributed by atoms with Crippen molar-refractivity contribution in [2.45, 2.75) is 40.0 Å². The van der Waals surface area contributed by atoms with Crippen molar-refractivity contribution in [3.63, 3.8) is 0 Å². The van der Waals surface area contributed by atoms with E-state index in [1.54, 1.807) is 13.4 Å². The second kappa shape index (κ2) is 10.3. The fourth-order valence-corrected chi connectivity index (χ4v) is 1.93. The summed E-state index contributed by atoms with van der Waals surface area (Å²) in [6, 6.07) is 3.91. The average Bonchev–Trinajstić information content (AvgIpc) is 3.01. The van der Waals surface area contributed by atoms with Gasteiger partial charge in [-0.1, -0.05) is 20.8 Å². The minimum absolute atomic E-state index is 0.137. The molecule has 0 aliphatic carbocycles. The van der Waals surface area contributed by atoms with E-state index in [9.17, 15) is 0 Å². The van der Waals surface area contributed by atoms with Crippen molar-refractivity contribution in [3.05, 3.63) is 24.2 Å². The Kier molecular flexibility index (Phi) is 8.67. The number of aliphatic imine (C=N–C) groups is 1. The van der Waals surface area contributed by atoms with E-state index >= 15 is 0 Å². The lowest BCUT2D eigenvalue weighted by molar-refractivity contribution is 0.155. The van der Waals surface area contributed by atoms with Crippen LogP contribution in [-0.4, -0.2) is 39.3 Å². The molecule has 0 aromatic carbocycles. The highest BCUT2D eigenvalue weighted by Gasteiger charge is 2.17. The second-order valence-corrected chi connectivity index (χ2v) is 6.25. The zero-order chi connectivity index (χ0) is 16.3. The van der Waals surface area contributed by atoms with Gasteiger partial charge in [-0.2, -0.15) is 0 Å². The predicted octanol–water partition coefficient (Wildman–Crippen LogP) is 2.83. The zero-order valence-corrected chi connectivity index (χ0v) is 14.4. The third-order valence-electron chi connectivity index (χ3n) is 3.43. The number of furan rings is 1. The Morgan fingerprint density at radius 1 is 1.32 bits per heavy atom. The van der Waals surface area contributed by atoms with Crippen LogP contribution in [0.5, 0.6) is 0 Å². The van der Waals surface area contributed by atoms with E-state index in [0.29, 0.717) is 0 Å². The molecular weight excluding hydrogens is 278 g/mol. The molecule has 5 heteroatoms. The van der Waals surface area contributed by atoms with E-state index in [4.69, 9.17) is 14.1 Å². The summed E-state index contributed by atoms with van der Waals surface area (Å²) in [6.45, 7) is 9.86. The van der Waals surface area contributed by atoms with Crippen LogP contribution in [0.2, 0.25) is 0 Å². The Labute approximate surface area is 134 Å². The highest BCUT2D eigenvalue weighted by molar-refractivity contribution is 5.79. The third kappa shape index (κ3) is 8.08. The molecule has 1 aromatic rings. The molecule has 0 radical (unpaired) electrons. The largest absolute Gasteiger partial charge is 0.469 e. The third-order valence-corrected chi connectivity index (χ3v) is 3.43. The van der Waals surface area contributed by atoms with Crippen LogP contribution in [0.15, 0.2) is 27.8 Å². The highest BCUT2D eigenvalue weighted by Crippen LogP contribution is 2.20. The van der Waals surface area contributed by atoms with E-state index in [-0.39, 0.29) is 5.41 Å². The summed E-state index contributed by atoms with van der Waals surface area (Å²) in [5.41, 5.74) is 0.137. The van der Waals surface area contributed by atoms with E-state index in [0.717, 1.165) is 57.2 Å². The van der Waals surface area contributed by atoms with Gasteiger partial charge in [0.15, 0.2) is 5.96 Å². The molecule has 2 N–H and O–H groups in total. The fraction of sp³-hybridized carbons (Fsp3) is 0.706. The summed E-state index contributed by atoms with van der Waals surface area (Å²) in [6.07, 6.45) is 4.64. The van der Waals surface area contributed by atoms with Gasteiger partial charge in [-0.25, -0.2) is 0 Å². The molecule has 0 spiro atoms. The number of hydrogen-bond donors (Lipinski definition) is 2. The highest BCUT2D eigenvalue weighted by atomic mass is 16.5. The van der Waals surface area contributed by atoms with Gasteiger partial charge in [0.1, 0.15) is 5.76 Å². The van der Waals surface area contributed by atoms with Gasteiger partial charge in [0.05, 0.1) is 6.26 Å². The number of nitrogens with one attached hydrogen (secondary N) is 2. The van der Waals surface area contributed by atoms with Crippen molar-refractivity contribution in [2.75, 3.05) is 33.4 Å². The minimum atomic E-state index is 0.137. The Bertz CT molecular complexity index is 414. The summed E-state index contributed by atoms with van der Waals surface area (Å²) in [5.74, 6) is 1.86. The number of ether oxygens (including phenoxy) is 1. The Hall–Kier alpha value is -1.49. The standard InChI is InChI=1S/C17H31N3O2/c1-5-10-18-16(19-11-8-15-7-6-12-22-15)20-14-17(2,3)9-13-21-4/h6-7,12H,5,8-11,13-14H2,1-4H3,(H2,18,19,20). The first-order valence-corrected chi connectivity index (χ1v) is 8.11. The fourth-order valence-electron chi connectivity index (χ4n) is 1.93. The average molecular weight is 309 g/mol. The molecule has 1 heterocycles. The molecule has 0 aliphatic heterocycles. The smallest absolute Gasteiger partial charge is 0.191 e. The van der Waals surface area contributed by atoms with Gasteiger partial charge >= 0.3 is 0 Å². The van der Waals surface area contributed by atoms with Crippen molar-refractivity contribution in [2.24, 2.45) is 10.4 Å². The van der Waals surface area contributed by atoms with Crippen molar-refractivity contribution in [3.8, 4) is 0 Å². The van der Waals surface area contributed by atoms with Crippen molar-refractivity contribution in [1.82, 2.24) is 10.6 Å². The molecule has 126 valence electrons. The van der Waals surface area contributed by atoms with Gasteiger partial charge in [-0.05, 0) is 30.4 Å². The molecule has 0 atom stereocenters. The SMILES string of the molecule is CCCNC(=NCC(C)(C)CCOC)NCCc1ccco1. The van der Waals surface area contributed by atoms with Crippen LogP contribution in [0, 0.1) is 5.41 Å². The molecule has 0 saturated heterocycles. The summed E-state index contributed by atoms with van der Waals surface area (Å²) in [5, 5.41) is 6.72. The number of methoxy groups -OCH3 is 1. The normalized spacial score (nSPS) is 12.5. The molecule has 22 heavy (non-hydrogen) atoms. The molecule has 0 fully saturated rings. The quantitative estimate of drug-likeness (QED) is 0.515. The van der Waals surface area contributed by atoms with Crippen LogP contribution in [0.25, 0.3) is 0 Å². The number of hydrogen-bond acceptors (Lipinski definition) is 3. The first-order valence-electron chi connectivity index (χ1n) is 8.11. The van der Waals surface area contributed by atoms with Crippen LogP contribution < -0.4 is 10.6 Å². The van der Waals surface area contributed by atoms with E-state index in [1.807, 2.05) is 12.1 Å². The van der Waals surface area contributed by atoms with Gasteiger partial charge in [-0.15, -0.1) is 0 Å². The predicted molar refractivity (Wildman–Crippen MR) is 91.3 cm³/mol. The topological polar surface area (TPSA) is 58.8 Å². The number of rotatable bonds is 10. The molecule has 0 saturated carbocycles. The van der Waals surface area contributed by atoms with Gasteiger partial charge in [-0.3, -0.25) is 4.99 Å². The molecule has 0 amide bonds. The molecule has 1 rings (SSSR count). The Morgan fingerprint density at radius 3 is 2.73 bits per heavy atom. The van der Waals surface area contributed by atoms with Gasteiger partial charge in [0.25, 0.3) is 0 Å². The first kappa shape index (κ1) is 18.6. The Morgan fingerprint density at radius 2 is 2.09 bits per heavy atom. The summed E-state index contributed by atoms with van der Waals surface area (Å²) < 4.78 is 10.5.